The number of rotatable bonds is 3. The van der Waals surface area contributed by atoms with Crippen molar-refractivity contribution in [2.75, 3.05) is 6.54 Å². The highest BCUT2D eigenvalue weighted by Crippen LogP contribution is 2.28. The summed E-state index contributed by atoms with van der Waals surface area (Å²) in [5.74, 6) is 6.68. The van der Waals surface area contributed by atoms with Gasteiger partial charge in [0, 0.05) is 18.7 Å². The molecule has 0 aromatic carbocycles. The van der Waals surface area contributed by atoms with E-state index in [1.807, 2.05) is 5.43 Å². The second-order valence-corrected chi connectivity index (χ2v) is 5.64. The summed E-state index contributed by atoms with van der Waals surface area (Å²) in [6.07, 6.45) is 1.26. The average molecular weight is 266 g/mol. The van der Waals surface area contributed by atoms with Crippen LogP contribution in [0.5, 0.6) is 0 Å². The number of aromatic nitrogens is 1. The summed E-state index contributed by atoms with van der Waals surface area (Å²) in [4.78, 5) is 13.7. The van der Waals surface area contributed by atoms with Crippen LogP contribution in [0.1, 0.15) is 43.4 Å². The van der Waals surface area contributed by atoms with E-state index in [9.17, 15) is 4.79 Å². The lowest BCUT2D eigenvalue weighted by Crippen LogP contribution is -2.45. The molecular weight excluding hydrogens is 244 g/mol. The number of carbonyl (C=O) groups is 1. The minimum absolute atomic E-state index is 0.225. The van der Waals surface area contributed by atoms with E-state index >= 15 is 0 Å². The number of nitrogens with zero attached hydrogens (tertiary/aromatic N) is 2. The van der Waals surface area contributed by atoms with E-state index < -0.39 is 5.91 Å². The molecule has 1 aromatic heterocycles. The number of hydrogen-bond donors (Lipinski definition) is 2. The second-order valence-electron chi connectivity index (χ2n) is 5.64. The summed E-state index contributed by atoms with van der Waals surface area (Å²) in [6, 6.07) is 2.16. The number of amides is 1. The van der Waals surface area contributed by atoms with Crippen molar-refractivity contribution >= 4 is 5.91 Å². The van der Waals surface area contributed by atoms with E-state index in [0.29, 0.717) is 30.2 Å². The standard InChI is InChI=1S/C13H22N4O2/c1-8-4-9(2)10(3)17(6-8)7-11-5-12(16-19-11)13(18)15-14/h5,8-10H,4,6-7,14H2,1-3H3,(H,15,18). The smallest absolute Gasteiger partial charge is 0.287 e. The SMILES string of the molecule is CC1CC(C)C(C)N(Cc2cc(C(=O)NN)no2)C1. The van der Waals surface area contributed by atoms with Crippen molar-refractivity contribution < 1.29 is 9.32 Å². The molecule has 2 heterocycles. The Hall–Kier alpha value is -1.40. The summed E-state index contributed by atoms with van der Waals surface area (Å²) >= 11 is 0. The van der Waals surface area contributed by atoms with Gasteiger partial charge in [0.05, 0.1) is 6.54 Å². The van der Waals surface area contributed by atoms with Crippen LogP contribution < -0.4 is 11.3 Å². The first-order valence-corrected chi connectivity index (χ1v) is 6.71. The first-order chi connectivity index (χ1) is 9.01. The van der Waals surface area contributed by atoms with Crippen LogP contribution in [0.25, 0.3) is 0 Å². The molecule has 0 bridgehead atoms. The van der Waals surface area contributed by atoms with E-state index in [0.717, 1.165) is 6.54 Å². The van der Waals surface area contributed by atoms with Gasteiger partial charge >= 0.3 is 0 Å². The molecule has 6 heteroatoms. The number of carbonyl (C=O) groups excluding carboxylic acids is 1. The van der Waals surface area contributed by atoms with Gasteiger partial charge in [-0.25, -0.2) is 5.84 Å². The molecule has 1 fully saturated rings. The van der Waals surface area contributed by atoms with Gasteiger partial charge in [-0.3, -0.25) is 15.1 Å². The van der Waals surface area contributed by atoms with Crippen LogP contribution in [0, 0.1) is 11.8 Å². The third-order valence-corrected chi connectivity index (χ3v) is 4.00. The largest absolute Gasteiger partial charge is 0.359 e. The molecule has 0 spiro atoms. The molecule has 1 amide bonds. The lowest BCUT2D eigenvalue weighted by Gasteiger charge is -2.40. The Labute approximate surface area is 113 Å². The van der Waals surface area contributed by atoms with Crippen molar-refractivity contribution in [1.82, 2.24) is 15.5 Å². The van der Waals surface area contributed by atoms with Crippen LogP contribution in [0.4, 0.5) is 0 Å². The molecule has 2 rings (SSSR count). The lowest BCUT2D eigenvalue weighted by atomic mass is 9.86. The minimum atomic E-state index is -0.427. The fourth-order valence-electron chi connectivity index (χ4n) is 2.81. The zero-order chi connectivity index (χ0) is 14.0. The third kappa shape index (κ3) is 3.13. The molecule has 3 atom stereocenters. The van der Waals surface area contributed by atoms with Gasteiger partial charge in [0.1, 0.15) is 0 Å². The number of nitrogens with two attached hydrogens (primary N) is 1. The van der Waals surface area contributed by atoms with Gasteiger partial charge < -0.3 is 4.52 Å². The second kappa shape index (κ2) is 5.71. The highest BCUT2D eigenvalue weighted by molar-refractivity contribution is 5.91. The molecule has 106 valence electrons. The van der Waals surface area contributed by atoms with Crippen LogP contribution in [0.3, 0.4) is 0 Å². The molecule has 1 aliphatic rings. The van der Waals surface area contributed by atoms with Crippen molar-refractivity contribution in [2.24, 2.45) is 17.7 Å². The topological polar surface area (TPSA) is 84.4 Å². The molecule has 3 unspecified atom stereocenters. The fourth-order valence-corrected chi connectivity index (χ4v) is 2.81. The Morgan fingerprint density at radius 2 is 2.32 bits per heavy atom. The Bertz CT molecular complexity index is 446. The van der Waals surface area contributed by atoms with Crippen LogP contribution in [-0.2, 0) is 6.54 Å². The molecule has 19 heavy (non-hydrogen) atoms. The maximum atomic E-state index is 11.3. The van der Waals surface area contributed by atoms with E-state index in [4.69, 9.17) is 10.4 Å². The van der Waals surface area contributed by atoms with Gasteiger partial charge in [-0.15, -0.1) is 0 Å². The molecule has 6 nitrogen and oxygen atoms in total. The number of hydrazine groups is 1. The number of likely N-dealkylation sites (tertiary alicyclic amines) is 1. The van der Waals surface area contributed by atoms with Gasteiger partial charge in [0.25, 0.3) is 5.91 Å². The molecule has 1 saturated heterocycles. The van der Waals surface area contributed by atoms with Gasteiger partial charge in [0.2, 0.25) is 0 Å². The maximum absolute atomic E-state index is 11.3. The molecule has 1 aliphatic heterocycles. The first-order valence-electron chi connectivity index (χ1n) is 6.71. The summed E-state index contributed by atoms with van der Waals surface area (Å²) in [7, 11) is 0. The van der Waals surface area contributed by atoms with Crippen molar-refractivity contribution in [2.45, 2.75) is 39.8 Å². The molecular formula is C13H22N4O2. The van der Waals surface area contributed by atoms with Crippen LogP contribution >= 0.6 is 0 Å². The summed E-state index contributed by atoms with van der Waals surface area (Å²) in [5.41, 5.74) is 2.27. The highest BCUT2D eigenvalue weighted by Gasteiger charge is 2.29. The number of nitrogen functional groups attached to an aromatic ring is 1. The highest BCUT2D eigenvalue weighted by atomic mass is 16.5. The first kappa shape index (κ1) is 14.0. The van der Waals surface area contributed by atoms with Crippen molar-refractivity contribution in [3.63, 3.8) is 0 Å². The normalized spacial score (nSPS) is 28.3. The van der Waals surface area contributed by atoms with Gasteiger partial charge in [-0.05, 0) is 25.2 Å². The van der Waals surface area contributed by atoms with E-state index in [2.05, 4.69) is 30.8 Å². The van der Waals surface area contributed by atoms with E-state index in [-0.39, 0.29) is 5.69 Å². The minimum Gasteiger partial charge on any atom is -0.359 e. The zero-order valence-electron chi connectivity index (χ0n) is 11.7. The number of nitrogens with one attached hydrogen (secondary N) is 1. The maximum Gasteiger partial charge on any atom is 0.287 e. The molecule has 0 aliphatic carbocycles. The predicted octanol–water partition coefficient (Wildman–Crippen LogP) is 1.14. The Balaban J connectivity index is 2.03. The lowest BCUT2D eigenvalue weighted by molar-refractivity contribution is 0.0649. The van der Waals surface area contributed by atoms with E-state index in [1.54, 1.807) is 6.07 Å². The molecule has 0 saturated carbocycles. The van der Waals surface area contributed by atoms with Crippen molar-refractivity contribution in [3.05, 3.63) is 17.5 Å². The molecule has 0 radical (unpaired) electrons. The van der Waals surface area contributed by atoms with Crippen LogP contribution in [0.15, 0.2) is 10.6 Å². The van der Waals surface area contributed by atoms with Gasteiger partial charge in [-0.1, -0.05) is 19.0 Å². The third-order valence-electron chi connectivity index (χ3n) is 4.00. The molecule has 3 N–H and O–H groups in total. The summed E-state index contributed by atoms with van der Waals surface area (Å²) in [6.45, 7) is 8.51. The molecule has 1 aromatic rings. The van der Waals surface area contributed by atoms with Crippen LogP contribution in [-0.4, -0.2) is 28.6 Å². The van der Waals surface area contributed by atoms with Gasteiger partial charge in [-0.2, -0.15) is 0 Å². The van der Waals surface area contributed by atoms with Crippen molar-refractivity contribution in [1.29, 1.82) is 0 Å². The fraction of sp³-hybridized carbons (Fsp3) is 0.692. The van der Waals surface area contributed by atoms with Crippen molar-refractivity contribution in [3.8, 4) is 0 Å². The van der Waals surface area contributed by atoms with Gasteiger partial charge in [0.15, 0.2) is 11.5 Å². The predicted molar refractivity (Wildman–Crippen MR) is 71.0 cm³/mol. The summed E-state index contributed by atoms with van der Waals surface area (Å²) < 4.78 is 5.20. The monoisotopic (exact) mass is 266 g/mol. The van der Waals surface area contributed by atoms with E-state index in [1.165, 1.54) is 6.42 Å². The Morgan fingerprint density at radius 3 is 3.00 bits per heavy atom. The Morgan fingerprint density at radius 1 is 1.58 bits per heavy atom. The number of hydrogen-bond acceptors (Lipinski definition) is 5. The number of piperidine rings is 1. The quantitative estimate of drug-likeness (QED) is 0.487. The summed E-state index contributed by atoms with van der Waals surface area (Å²) in [5, 5.41) is 3.72. The zero-order valence-corrected chi connectivity index (χ0v) is 11.7. The van der Waals surface area contributed by atoms with Crippen LogP contribution in [0.2, 0.25) is 0 Å². The average Bonchev–Trinajstić information content (AvgIpc) is 2.83. The Kier molecular flexibility index (Phi) is 4.21.